The van der Waals surface area contributed by atoms with Gasteiger partial charge in [-0.3, -0.25) is 4.79 Å². The molecule has 1 amide bonds. The molecule has 1 atom stereocenters. The van der Waals surface area contributed by atoms with Gasteiger partial charge < -0.3 is 14.6 Å². The number of aryl methyl sites for hydroxylation is 2. The van der Waals surface area contributed by atoms with Gasteiger partial charge in [0, 0.05) is 31.1 Å². The summed E-state index contributed by atoms with van der Waals surface area (Å²) in [7, 11) is 0. The van der Waals surface area contributed by atoms with Crippen molar-refractivity contribution in [3.05, 3.63) is 52.9 Å². The Hall–Kier alpha value is -2.14. The summed E-state index contributed by atoms with van der Waals surface area (Å²) in [6, 6.07) is 10.4. The summed E-state index contributed by atoms with van der Waals surface area (Å²) in [5.74, 6) is 1.06. The maximum Gasteiger partial charge on any atom is 0.273 e. The van der Waals surface area contributed by atoms with E-state index in [1.165, 1.54) is 5.56 Å². The Labute approximate surface area is 142 Å². The fraction of sp³-hybridized carbons (Fsp3) is 0.474. The first-order valence-corrected chi connectivity index (χ1v) is 8.59. The number of aromatic nitrogens is 1. The molecule has 128 valence electrons. The lowest BCUT2D eigenvalue weighted by atomic mass is 10.1. The molecule has 1 aliphatic rings. The molecule has 24 heavy (non-hydrogen) atoms. The van der Waals surface area contributed by atoms with Crippen LogP contribution < -0.4 is 5.32 Å². The average Bonchev–Trinajstić information content (AvgIpc) is 3.24. The first-order chi connectivity index (χ1) is 11.7. The SMILES string of the molecule is Cc1c(C(=O)NCC2CCOC2)noc1CCCc1ccccc1. The van der Waals surface area contributed by atoms with Crippen molar-refractivity contribution in [2.24, 2.45) is 5.92 Å². The van der Waals surface area contributed by atoms with E-state index in [0.29, 0.717) is 18.2 Å². The van der Waals surface area contributed by atoms with Crippen molar-refractivity contribution in [2.75, 3.05) is 19.8 Å². The molecule has 0 bridgehead atoms. The first kappa shape index (κ1) is 16.7. The second kappa shape index (κ2) is 8.11. The molecule has 2 aromatic rings. The number of carbonyl (C=O) groups is 1. The predicted octanol–water partition coefficient (Wildman–Crippen LogP) is 2.92. The molecular weight excluding hydrogens is 304 g/mol. The molecule has 0 radical (unpaired) electrons. The Kier molecular flexibility index (Phi) is 5.64. The summed E-state index contributed by atoms with van der Waals surface area (Å²) in [5.41, 5.74) is 2.57. The number of rotatable bonds is 7. The van der Waals surface area contributed by atoms with E-state index in [1.54, 1.807) is 0 Å². The van der Waals surface area contributed by atoms with Gasteiger partial charge in [-0.25, -0.2) is 0 Å². The van der Waals surface area contributed by atoms with E-state index in [1.807, 2.05) is 25.1 Å². The van der Waals surface area contributed by atoms with Gasteiger partial charge in [0.2, 0.25) is 0 Å². The van der Waals surface area contributed by atoms with Gasteiger partial charge in [-0.1, -0.05) is 35.5 Å². The van der Waals surface area contributed by atoms with E-state index >= 15 is 0 Å². The molecule has 3 rings (SSSR count). The molecular formula is C19H24N2O3. The molecule has 1 aromatic heterocycles. The van der Waals surface area contributed by atoms with Crippen molar-refractivity contribution in [1.82, 2.24) is 10.5 Å². The molecule has 1 aromatic carbocycles. The topological polar surface area (TPSA) is 64.4 Å². The van der Waals surface area contributed by atoms with Crippen LogP contribution in [0.3, 0.4) is 0 Å². The molecule has 0 aliphatic carbocycles. The molecule has 0 saturated carbocycles. The summed E-state index contributed by atoms with van der Waals surface area (Å²) < 4.78 is 10.7. The third-order valence-corrected chi connectivity index (χ3v) is 4.52. The minimum atomic E-state index is -0.155. The average molecular weight is 328 g/mol. The van der Waals surface area contributed by atoms with Gasteiger partial charge in [0.05, 0.1) is 6.61 Å². The van der Waals surface area contributed by atoms with Crippen LogP contribution in [0.2, 0.25) is 0 Å². The Bertz CT molecular complexity index is 661. The third-order valence-electron chi connectivity index (χ3n) is 4.52. The Balaban J connectivity index is 1.50. The van der Waals surface area contributed by atoms with Crippen molar-refractivity contribution < 1.29 is 14.1 Å². The van der Waals surface area contributed by atoms with Crippen molar-refractivity contribution in [1.29, 1.82) is 0 Å². The minimum absolute atomic E-state index is 0.155. The largest absolute Gasteiger partial charge is 0.381 e. The highest BCUT2D eigenvalue weighted by atomic mass is 16.5. The van der Waals surface area contributed by atoms with E-state index in [4.69, 9.17) is 9.26 Å². The fourth-order valence-corrected chi connectivity index (χ4v) is 2.98. The van der Waals surface area contributed by atoms with E-state index in [2.05, 4.69) is 22.6 Å². The standard InChI is InChI=1S/C19H24N2O3/c1-14-17(9-5-8-15-6-3-2-4-7-15)24-21-18(14)19(22)20-12-16-10-11-23-13-16/h2-4,6-7,16H,5,8-13H2,1H3,(H,20,22). The molecule has 1 fully saturated rings. The van der Waals surface area contributed by atoms with Crippen LogP contribution in [0.1, 0.15) is 40.2 Å². The third kappa shape index (κ3) is 4.23. The maximum absolute atomic E-state index is 12.3. The van der Waals surface area contributed by atoms with E-state index in [9.17, 15) is 4.79 Å². The monoisotopic (exact) mass is 328 g/mol. The van der Waals surface area contributed by atoms with E-state index < -0.39 is 0 Å². The minimum Gasteiger partial charge on any atom is -0.381 e. The Morgan fingerprint density at radius 2 is 2.12 bits per heavy atom. The van der Waals surface area contributed by atoms with Gasteiger partial charge in [0.1, 0.15) is 5.76 Å². The predicted molar refractivity (Wildman–Crippen MR) is 91.0 cm³/mol. The summed E-state index contributed by atoms with van der Waals surface area (Å²) in [6.07, 6.45) is 3.75. The molecule has 1 N–H and O–H groups in total. The zero-order valence-corrected chi connectivity index (χ0v) is 14.1. The first-order valence-electron chi connectivity index (χ1n) is 8.59. The van der Waals surface area contributed by atoms with Crippen LogP contribution in [0.15, 0.2) is 34.9 Å². The summed E-state index contributed by atoms with van der Waals surface area (Å²) in [4.78, 5) is 12.3. The van der Waals surface area contributed by atoms with Gasteiger partial charge in [-0.05, 0) is 31.7 Å². The highest BCUT2D eigenvalue weighted by Crippen LogP contribution is 2.17. The number of amides is 1. The molecule has 1 saturated heterocycles. The number of nitrogens with one attached hydrogen (secondary N) is 1. The lowest BCUT2D eigenvalue weighted by Gasteiger charge is -2.08. The lowest BCUT2D eigenvalue weighted by Crippen LogP contribution is -2.30. The summed E-state index contributed by atoms with van der Waals surface area (Å²) in [5, 5.41) is 6.90. The van der Waals surface area contributed by atoms with Gasteiger partial charge in [-0.15, -0.1) is 0 Å². The van der Waals surface area contributed by atoms with Crippen molar-refractivity contribution in [2.45, 2.75) is 32.6 Å². The van der Waals surface area contributed by atoms with Crippen LogP contribution >= 0.6 is 0 Å². The van der Waals surface area contributed by atoms with E-state index in [-0.39, 0.29) is 5.91 Å². The quantitative estimate of drug-likeness (QED) is 0.849. The van der Waals surface area contributed by atoms with Crippen LogP contribution in [-0.2, 0) is 17.6 Å². The molecule has 0 spiro atoms. The lowest BCUT2D eigenvalue weighted by molar-refractivity contribution is 0.0935. The number of hydrogen-bond donors (Lipinski definition) is 1. The van der Waals surface area contributed by atoms with Crippen LogP contribution in [0.25, 0.3) is 0 Å². The summed E-state index contributed by atoms with van der Waals surface area (Å²) >= 11 is 0. The van der Waals surface area contributed by atoms with Crippen LogP contribution in [-0.4, -0.2) is 30.8 Å². The van der Waals surface area contributed by atoms with Crippen molar-refractivity contribution in [3.63, 3.8) is 0 Å². The highest BCUT2D eigenvalue weighted by molar-refractivity contribution is 5.93. The molecule has 5 nitrogen and oxygen atoms in total. The second-order valence-electron chi connectivity index (χ2n) is 6.36. The Morgan fingerprint density at radius 3 is 2.88 bits per heavy atom. The smallest absolute Gasteiger partial charge is 0.273 e. The molecule has 5 heteroatoms. The van der Waals surface area contributed by atoms with Gasteiger partial charge in [0.15, 0.2) is 5.69 Å². The van der Waals surface area contributed by atoms with Gasteiger partial charge in [0.25, 0.3) is 5.91 Å². The maximum atomic E-state index is 12.3. The number of benzene rings is 1. The number of nitrogens with zero attached hydrogens (tertiary/aromatic N) is 1. The van der Waals surface area contributed by atoms with E-state index in [0.717, 1.165) is 50.2 Å². The zero-order valence-electron chi connectivity index (χ0n) is 14.1. The zero-order chi connectivity index (χ0) is 16.8. The van der Waals surface area contributed by atoms with Crippen LogP contribution in [0, 0.1) is 12.8 Å². The van der Waals surface area contributed by atoms with Crippen LogP contribution in [0.5, 0.6) is 0 Å². The molecule has 1 unspecified atom stereocenters. The highest BCUT2D eigenvalue weighted by Gasteiger charge is 2.21. The second-order valence-corrected chi connectivity index (χ2v) is 6.36. The number of ether oxygens (including phenoxy) is 1. The molecule has 2 heterocycles. The normalized spacial score (nSPS) is 17.1. The fourth-order valence-electron chi connectivity index (χ4n) is 2.98. The number of hydrogen-bond acceptors (Lipinski definition) is 4. The molecule has 1 aliphatic heterocycles. The number of carbonyl (C=O) groups excluding carboxylic acids is 1. The van der Waals surface area contributed by atoms with Gasteiger partial charge in [-0.2, -0.15) is 0 Å². The summed E-state index contributed by atoms with van der Waals surface area (Å²) in [6.45, 7) is 4.05. The van der Waals surface area contributed by atoms with Crippen molar-refractivity contribution in [3.8, 4) is 0 Å². The van der Waals surface area contributed by atoms with Gasteiger partial charge >= 0.3 is 0 Å². The Morgan fingerprint density at radius 1 is 1.29 bits per heavy atom. The van der Waals surface area contributed by atoms with Crippen molar-refractivity contribution >= 4 is 5.91 Å². The van der Waals surface area contributed by atoms with Crippen LogP contribution in [0.4, 0.5) is 0 Å².